The standard InChI is InChI=1S/C14H19F3N4O/c15-14(16,17)8-21-5-2-9(20-21)6-12(22)19-11-7-10(18)13(11)3-1-4-13/h2,5,10-11H,1,3-4,6-8,18H2,(H,19,22). The molecule has 1 aromatic heterocycles. The highest BCUT2D eigenvalue weighted by molar-refractivity contribution is 5.78. The van der Waals surface area contributed by atoms with Crippen molar-refractivity contribution >= 4 is 5.91 Å². The molecule has 1 amide bonds. The van der Waals surface area contributed by atoms with E-state index in [1.807, 2.05) is 0 Å². The van der Waals surface area contributed by atoms with E-state index in [1.165, 1.54) is 12.3 Å². The van der Waals surface area contributed by atoms with Crippen molar-refractivity contribution < 1.29 is 18.0 Å². The molecule has 2 saturated carbocycles. The van der Waals surface area contributed by atoms with E-state index >= 15 is 0 Å². The number of nitrogens with two attached hydrogens (primary N) is 1. The highest BCUT2D eigenvalue weighted by Crippen LogP contribution is 2.54. The van der Waals surface area contributed by atoms with Crippen LogP contribution >= 0.6 is 0 Å². The summed E-state index contributed by atoms with van der Waals surface area (Å²) in [5, 5.41) is 6.74. The van der Waals surface area contributed by atoms with E-state index in [9.17, 15) is 18.0 Å². The summed E-state index contributed by atoms with van der Waals surface area (Å²) >= 11 is 0. The Morgan fingerprint density at radius 3 is 2.77 bits per heavy atom. The van der Waals surface area contributed by atoms with Gasteiger partial charge < -0.3 is 11.1 Å². The first-order valence-corrected chi connectivity index (χ1v) is 7.42. The summed E-state index contributed by atoms with van der Waals surface area (Å²) in [7, 11) is 0. The number of amides is 1. The number of nitrogens with one attached hydrogen (secondary N) is 1. The Bertz CT molecular complexity index is 565. The van der Waals surface area contributed by atoms with Crippen LogP contribution in [0.25, 0.3) is 0 Å². The van der Waals surface area contributed by atoms with Crippen LogP contribution < -0.4 is 11.1 Å². The summed E-state index contributed by atoms with van der Waals surface area (Å²) in [4.78, 5) is 12.0. The fraction of sp³-hybridized carbons (Fsp3) is 0.714. The summed E-state index contributed by atoms with van der Waals surface area (Å²) in [6.07, 6.45) is 0.911. The number of carbonyl (C=O) groups excluding carboxylic acids is 1. The first-order chi connectivity index (χ1) is 10.3. The van der Waals surface area contributed by atoms with Crippen LogP contribution in [0.4, 0.5) is 13.2 Å². The average molecular weight is 316 g/mol. The van der Waals surface area contributed by atoms with Crippen molar-refractivity contribution in [2.45, 2.75) is 56.9 Å². The molecule has 2 aliphatic rings. The van der Waals surface area contributed by atoms with E-state index in [0.29, 0.717) is 5.69 Å². The molecule has 1 aromatic rings. The van der Waals surface area contributed by atoms with E-state index in [-0.39, 0.29) is 29.8 Å². The molecule has 0 aromatic carbocycles. The molecule has 1 spiro atoms. The summed E-state index contributed by atoms with van der Waals surface area (Å²) in [6.45, 7) is -1.14. The van der Waals surface area contributed by atoms with Crippen LogP contribution in [0.2, 0.25) is 0 Å². The molecule has 0 saturated heterocycles. The normalized spacial score (nSPS) is 26.4. The van der Waals surface area contributed by atoms with Crippen molar-refractivity contribution in [2.24, 2.45) is 11.1 Å². The van der Waals surface area contributed by atoms with Gasteiger partial charge in [-0.05, 0) is 25.3 Å². The number of carbonyl (C=O) groups is 1. The summed E-state index contributed by atoms with van der Waals surface area (Å²) in [6, 6.07) is 1.69. The minimum absolute atomic E-state index is 0.00727. The summed E-state index contributed by atoms with van der Waals surface area (Å²) < 4.78 is 37.6. The van der Waals surface area contributed by atoms with Gasteiger partial charge in [0, 0.05) is 23.7 Å². The van der Waals surface area contributed by atoms with E-state index in [1.54, 1.807) is 0 Å². The summed E-state index contributed by atoms with van der Waals surface area (Å²) in [5.74, 6) is -0.208. The van der Waals surface area contributed by atoms with Gasteiger partial charge in [0.05, 0.1) is 12.1 Å². The Balaban J connectivity index is 1.52. The second-order valence-electron chi connectivity index (χ2n) is 6.35. The first kappa shape index (κ1) is 15.3. The molecule has 2 fully saturated rings. The number of hydrogen-bond acceptors (Lipinski definition) is 3. The minimum atomic E-state index is -4.32. The quantitative estimate of drug-likeness (QED) is 0.881. The topological polar surface area (TPSA) is 72.9 Å². The van der Waals surface area contributed by atoms with Crippen LogP contribution in [0, 0.1) is 5.41 Å². The predicted octanol–water partition coefficient (Wildman–Crippen LogP) is 1.37. The van der Waals surface area contributed by atoms with Gasteiger partial charge in [-0.2, -0.15) is 18.3 Å². The molecule has 1 heterocycles. The molecule has 3 N–H and O–H groups in total. The monoisotopic (exact) mass is 316 g/mol. The second-order valence-corrected chi connectivity index (χ2v) is 6.35. The second kappa shape index (κ2) is 5.26. The molecule has 22 heavy (non-hydrogen) atoms. The van der Waals surface area contributed by atoms with Gasteiger partial charge in [-0.15, -0.1) is 0 Å². The number of halogens is 3. The Morgan fingerprint density at radius 1 is 1.50 bits per heavy atom. The van der Waals surface area contributed by atoms with E-state index in [4.69, 9.17) is 5.73 Å². The Kier molecular flexibility index (Phi) is 3.66. The van der Waals surface area contributed by atoms with Gasteiger partial charge in [-0.25, -0.2) is 0 Å². The van der Waals surface area contributed by atoms with Gasteiger partial charge in [-0.1, -0.05) is 6.42 Å². The summed E-state index contributed by atoms with van der Waals surface area (Å²) in [5.41, 5.74) is 6.43. The van der Waals surface area contributed by atoms with Crippen LogP contribution in [-0.2, 0) is 17.8 Å². The van der Waals surface area contributed by atoms with Gasteiger partial charge in [0.2, 0.25) is 5.91 Å². The lowest BCUT2D eigenvalue weighted by Crippen LogP contribution is -2.70. The van der Waals surface area contributed by atoms with E-state index < -0.39 is 12.7 Å². The van der Waals surface area contributed by atoms with Crippen molar-refractivity contribution in [1.29, 1.82) is 0 Å². The van der Waals surface area contributed by atoms with Crippen LogP contribution in [-0.4, -0.2) is 33.9 Å². The molecule has 0 aliphatic heterocycles. The van der Waals surface area contributed by atoms with Gasteiger partial charge in [-0.3, -0.25) is 9.48 Å². The van der Waals surface area contributed by atoms with Gasteiger partial charge >= 0.3 is 6.18 Å². The Labute approximate surface area is 126 Å². The first-order valence-electron chi connectivity index (χ1n) is 7.42. The molecule has 2 aliphatic carbocycles. The molecular formula is C14H19F3N4O. The van der Waals surface area contributed by atoms with Crippen LogP contribution in [0.5, 0.6) is 0 Å². The van der Waals surface area contributed by atoms with Crippen LogP contribution in [0.1, 0.15) is 31.4 Å². The third-order valence-corrected chi connectivity index (χ3v) is 4.92. The zero-order valence-corrected chi connectivity index (χ0v) is 12.1. The average Bonchev–Trinajstić information content (AvgIpc) is 2.70. The van der Waals surface area contributed by atoms with Gasteiger partial charge in [0.15, 0.2) is 0 Å². The molecule has 0 radical (unpaired) electrons. The number of rotatable bonds is 4. The predicted molar refractivity (Wildman–Crippen MR) is 72.8 cm³/mol. The zero-order chi connectivity index (χ0) is 16.0. The molecule has 0 bridgehead atoms. The van der Waals surface area contributed by atoms with Gasteiger partial charge in [0.1, 0.15) is 6.54 Å². The maximum absolute atomic E-state index is 12.3. The molecule has 122 valence electrons. The Hall–Kier alpha value is -1.57. The molecule has 5 nitrogen and oxygen atoms in total. The van der Waals surface area contributed by atoms with E-state index in [2.05, 4.69) is 10.4 Å². The molecule has 3 rings (SSSR count). The van der Waals surface area contributed by atoms with Crippen molar-refractivity contribution in [1.82, 2.24) is 15.1 Å². The largest absolute Gasteiger partial charge is 0.408 e. The third-order valence-electron chi connectivity index (χ3n) is 4.92. The molecule has 2 unspecified atom stereocenters. The number of aromatic nitrogens is 2. The zero-order valence-electron chi connectivity index (χ0n) is 12.1. The van der Waals surface area contributed by atoms with Crippen LogP contribution in [0.3, 0.4) is 0 Å². The number of hydrogen-bond donors (Lipinski definition) is 2. The highest BCUT2D eigenvalue weighted by atomic mass is 19.4. The number of nitrogens with zero attached hydrogens (tertiary/aromatic N) is 2. The van der Waals surface area contributed by atoms with E-state index in [0.717, 1.165) is 30.4 Å². The molecular weight excluding hydrogens is 297 g/mol. The molecule has 2 atom stereocenters. The third kappa shape index (κ3) is 2.84. The fourth-order valence-corrected chi connectivity index (χ4v) is 3.51. The smallest absolute Gasteiger partial charge is 0.352 e. The van der Waals surface area contributed by atoms with Crippen molar-refractivity contribution in [3.05, 3.63) is 18.0 Å². The van der Waals surface area contributed by atoms with Crippen molar-refractivity contribution in [3.63, 3.8) is 0 Å². The van der Waals surface area contributed by atoms with Crippen molar-refractivity contribution in [2.75, 3.05) is 0 Å². The van der Waals surface area contributed by atoms with Crippen molar-refractivity contribution in [3.8, 4) is 0 Å². The van der Waals surface area contributed by atoms with Gasteiger partial charge in [0.25, 0.3) is 0 Å². The SMILES string of the molecule is NC1CC(NC(=O)Cc2ccn(CC(F)(F)F)n2)C12CCC2. The molecule has 8 heteroatoms. The fourth-order valence-electron chi connectivity index (χ4n) is 3.51. The number of alkyl halides is 3. The minimum Gasteiger partial charge on any atom is -0.352 e. The van der Waals surface area contributed by atoms with Crippen LogP contribution in [0.15, 0.2) is 12.3 Å². The maximum atomic E-state index is 12.3. The lowest BCUT2D eigenvalue weighted by Gasteiger charge is -2.60. The Morgan fingerprint density at radius 2 is 2.23 bits per heavy atom. The lowest BCUT2D eigenvalue weighted by atomic mass is 9.50. The maximum Gasteiger partial charge on any atom is 0.408 e. The highest BCUT2D eigenvalue weighted by Gasteiger charge is 2.57. The lowest BCUT2D eigenvalue weighted by molar-refractivity contribution is -0.142.